The maximum atomic E-state index is 12.2. The minimum absolute atomic E-state index is 0.115. The Labute approximate surface area is 134 Å². The molecule has 1 fully saturated rings. The van der Waals surface area contributed by atoms with Crippen LogP contribution in [0.4, 0.5) is 11.4 Å². The zero-order valence-corrected chi connectivity index (χ0v) is 12.9. The summed E-state index contributed by atoms with van der Waals surface area (Å²) < 4.78 is 10.4. The van der Waals surface area contributed by atoms with E-state index in [2.05, 4.69) is 5.32 Å². The van der Waals surface area contributed by atoms with Crippen molar-refractivity contribution in [3.63, 3.8) is 0 Å². The van der Waals surface area contributed by atoms with Crippen LogP contribution in [0, 0.1) is 0 Å². The molecule has 2 heterocycles. The Kier molecular flexibility index (Phi) is 4.43. The van der Waals surface area contributed by atoms with Crippen LogP contribution in [0.5, 0.6) is 0 Å². The number of furan rings is 1. The normalized spacial score (nSPS) is 14.3. The van der Waals surface area contributed by atoms with E-state index in [1.165, 1.54) is 0 Å². The van der Waals surface area contributed by atoms with Gasteiger partial charge >= 0.3 is 0 Å². The van der Waals surface area contributed by atoms with Crippen LogP contribution in [0.3, 0.4) is 0 Å². The summed E-state index contributed by atoms with van der Waals surface area (Å²) in [6.07, 6.45) is 1.44. The third-order valence-corrected chi connectivity index (χ3v) is 3.66. The van der Waals surface area contributed by atoms with Gasteiger partial charge in [0.05, 0.1) is 0 Å². The molecule has 1 aliphatic heterocycles. The summed E-state index contributed by atoms with van der Waals surface area (Å²) in [6.45, 7) is 1.04. The largest absolute Gasteiger partial charge is 0.453 e. The topological polar surface area (TPSA) is 71.8 Å². The fourth-order valence-corrected chi connectivity index (χ4v) is 2.59. The van der Waals surface area contributed by atoms with Crippen LogP contribution < -0.4 is 10.2 Å². The van der Waals surface area contributed by atoms with Gasteiger partial charge < -0.3 is 19.4 Å². The molecule has 2 amide bonds. The van der Waals surface area contributed by atoms with Crippen LogP contribution >= 0.6 is 0 Å². The monoisotopic (exact) mass is 314 g/mol. The summed E-state index contributed by atoms with van der Waals surface area (Å²) in [5.41, 5.74) is 1.42. The predicted octanol–water partition coefficient (Wildman–Crippen LogP) is 2.81. The van der Waals surface area contributed by atoms with Gasteiger partial charge in [0.25, 0.3) is 5.91 Å². The maximum absolute atomic E-state index is 12.2. The first-order chi connectivity index (χ1) is 11.2. The van der Waals surface area contributed by atoms with Crippen molar-refractivity contribution >= 4 is 23.2 Å². The van der Waals surface area contributed by atoms with Gasteiger partial charge in [0, 0.05) is 31.5 Å². The number of carbonyl (C=O) groups excluding carboxylic acids is 2. The van der Waals surface area contributed by atoms with E-state index in [0.29, 0.717) is 24.5 Å². The highest BCUT2D eigenvalue weighted by Gasteiger charge is 2.22. The van der Waals surface area contributed by atoms with Gasteiger partial charge in [-0.05, 0) is 36.8 Å². The molecule has 0 spiro atoms. The van der Waals surface area contributed by atoms with Crippen molar-refractivity contribution < 1.29 is 18.7 Å². The van der Waals surface area contributed by atoms with Gasteiger partial charge in [-0.2, -0.15) is 0 Å². The van der Waals surface area contributed by atoms with Crippen LogP contribution in [0.15, 0.2) is 40.8 Å². The maximum Gasteiger partial charge on any atom is 0.291 e. The summed E-state index contributed by atoms with van der Waals surface area (Å²) in [6, 6.07) is 10.6. The Morgan fingerprint density at radius 2 is 2.22 bits per heavy atom. The molecule has 0 saturated carbocycles. The van der Waals surface area contributed by atoms with Crippen molar-refractivity contribution in [2.75, 3.05) is 23.9 Å². The Hall–Kier alpha value is -2.60. The summed E-state index contributed by atoms with van der Waals surface area (Å²) in [5.74, 6) is 0.592. The lowest BCUT2D eigenvalue weighted by molar-refractivity contribution is -0.117. The Balaban J connectivity index is 1.72. The number of hydrogen-bond acceptors (Lipinski definition) is 4. The number of amides is 2. The summed E-state index contributed by atoms with van der Waals surface area (Å²) >= 11 is 0. The second-order valence-corrected chi connectivity index (χ2v) is 5.35. The van der Waals surface area contributed by atoms with Crippen molar-refractivity contribution in [3.05, 3.63) is 47.9 Å². The highest BCUT2D eigenvalue weighted by Crippen LogP contribution is 2.24. The van der Waals surface area contributed by atoms with Gasteiger partial charge in [-0.3, -0.25) is 9.59 Å². The van der Waals surface area contributed by atoms with Crippen molar-refractivity contribution in [1.29, 1.82) is 0 Å². The Morgan fingerprint density at radius 3 is 2.96 bits per heavy atom. The minimum Gasteiger partial charge on any atom is -0.453 e. The molecule has 1 aromatic heterocycles. The smallest absolute Gasteiger partial charge is 0.291 e. The van der Waals surface area contributed by atoms with E-state index < -0.39 is 0 Å². The molecule has 0 radical (unpaired) electrons. The number of nitrogens with one attached hydrogen (secondary N) is 1. The van der Waals surface area contributed by atoms with Crippen molar-refractivity contribution in [2.45, 2.75) is 19.4 Å². The quantitative estimate of drug-likeness (QED) is 0.921. The summed E-state index contributed by atoms with van der Waals surface area (Å²) in [5, 5.41) is 2.78. The molecule has 0 unspecified atom stereocenters. The van der Waals surface area contributed by atoms with Crippen LogP contribution in [-0.2, 0) is 16.1 Å². The molecule has 0 aliphatic carbocycles. The average Bonchev–Trinajstić information content (AvgIpc) is 3.17. The van der Waals surface area contributed by atoms with Crippen LogP contribution in [-0.4, -0.2) is 25.5 Å². The predicted molar refractivity (Wildman–Crippen MR) is 85.4 cm³/mol. The van der Waals surface area contributed by atoms with E-state index in [1.54, 1.807) is 36.3 Å². The molecule has 120 valence electrons. The number of nitrogens with zero attached hydrogens (tertiary/aromatic N) is 1. The number of anilines is 2. The van der Waals surface area contributed by atoms with E-state index >= 15 is 0 Å². The molecule has 2 aromatic rings. The minimum atomic E-state index is -0.336. The molecule has 6 nitrogen and oxygen atoms in total. The zero-order valence-electron chi connectivity index (χ0n) is 12.9. The van der Waals surface area contributed by atoms with Gasteiger partial charge in [-0.15, -0.1) is 0 Å². The van der Waals surface area contributed by atoms with E-state index in [1.807, 2.05) is 12.1 Å². The molecule has 6 heteroatoms. The van der Waals surface area contributed by atoms with E-state index in [4.69, 9.17) is 9.15 Å². The molecule has 0 bridgehead atoms. The van der Waals surface area contributed by atoms with Crippen molar-refractivity contribution in [3.8, 4) is 0 Å². The molecule has 3 rings (SSSR count). The number of methoxy groups -OCH3 is 1. The molecule has 1 aromatic carbocycles. The fraction of sp³-hybridized carbons (Fsp3) is 0.294. The summed E-state index contributed by atoms with van der Waals surface area (Å²) in [7, 11) is 1.56. The first-order valence-corrected chi connectivity index (χ1v) is 7.47. The molecule has 1 N–H and O–H groups in total. The molecular weight excluding hydrogens is 296 g/mol. The number of ether oxygens (including phenoxy) is 1. The molecular formula is C17H18N2O4. The fourth-order valence-electron chi connectivity index (χ4n) is 2.59. The lowest BCUT2D eigenvalue weighted by atomic mass is 10.2. The van der Waals surface area contributed by atoms with E-state index in [-0.39, 0.29) is 17.6 Å². The number of carbonyl (C=O) groups is 2. The van der Waals surface area contributed by atoms with Crippen LogP contribution in [0.1, 0.15) is 29.2 Å². The second-order valence-electron chi connectivity index (χ2n) is 5.35. The van der Waals surface area contributed by atoms with Crippen LogP contribution in [0.25, 0.3) is 0 Å². The third-order valence-electron chi connectivity index (χ3n) is 3.66. The highest BCUT2D eigenvalue weighted by molar-refractivity contribution is 6.03. The van der Waals surface area contributed by atoms with E-state index in [0.717, 1.165) is 18.7 Å². The molecule has 1 saturated heterocycles. The molecule has 1 aliphatic rings. The molecule has 23 heavy (non-hydrogen) atoms. The number of benzene rings is 1. The van der Waals surface area contributed by atoms with E-state index in [9.17, 15) is 9.59 Å². The van der Waals surface area contributed by atoms with Crippen molar-refractivity contribution in [2.24, 2.45) is 0 Å². The zero-order chi connectivity index (χ0) is 16.2. The lowest BCUT2D eigenvalue weighted by Crippen LogP contribution is -2.23. The first-order valence-electron chi connectivity index (χ1n) is 7.47. The Bertz CT molecular complexity index is 723. The Morgan fingerprint density at radius 1 is 1.35 bits per heavy atom. The van der Waals surface area contributed by atoms with Crippen molar-refractivity contribution in [1.82, 2.24) is 0 Å². The first kappa shape index (κ1) is 15.3. The third kappa shape index (κ3) is 3.43. The number of rotatable bonds is 5. The van der Waals surface area contributed by atoms with Gasteiger partial charge in [-0.1, -0.05) is 6.07 Å². The van der Waals surface area contributed by atoms with Gasteiger partial charge in [0.1, 0.15) is 12.4 Å². The highest BCUT2D eigenvalue weighted by atomic mass is 16.5. The SMILES string of the molecule is COCc1ccc(C(=O)Nc2cccc(N3CCCC3=O)c2)o1. The molecule has 0 atom stereocenters. The van der Waals surface area contributed by atoms with Gasteiger partial charge in [0.15, 0.2) is 5.76 Å². The average molecular weight is 314 g/mol. The van der Waals surface area contributed by atoms with Gasteiger partial charge in [0.2, 0.25) is 5.91 Å². The number of hydrogen-bond donors (Lipinski definition) is 1. The van der Waals surface area contributed by atoms with Gasteiger partial charge in [-0.25, -0.2) is 0 Å². The summed E-state index contributed by atoms with van der Waals surface area (Å²) in [4.78, 5) is 25.7. The second kappa shape index (κ2) is 6.66. The lowest BCUT2D eigenvalue weighted by Gasteiger charge is -2.16. The van der Waals surface area contributed by atoms with Crippen LogP contribution in [0.2, 0.25) is 0 Å². The standard InChI is InChI=1S/C17H18N2O4/c1-22-11-14-7-8-15(23-14)17(21)18-12-4-2-5-13(10-12)19-9-3-6-16(19)20/h2,4-5,7-8,10H,3,6,9,11H2,1H3,(H,18,21).